The fraction of sp³-hybridized carbons (Fsp3) is 0.438. The lowest BCUT2D eigenvalue weighted by Gasteiger charge is -2.23. The van der Waals surface area contributed by atoms with Gasteiger partial charge in [-0.3, -0.25) is 14.5 Å². The normalized spacial score (nSPS) is 23.4. The van der Waals surface area contributed by atoms with Crippen LogP contribution in [0.2, 0.25) is 0 Å². The van der Waals surface area contributed by atoms with Gasteiger partial charge in [0.25, 0.3) is 0 Å². The minimum atomic E-state index is -1.13. The molecule has 3 unspecified atom stereocenters. The third kappa shape index (κ3) is 2.96. The number of carboxylic acids is 1. The highest BCUT2D eigenvalue weighted by Crippen LogP contribution is 2.28. The molecule has 2 amide bonds. The lowest BCUT2D eigenvalue weighted by atomic mass is 10.00. The highest BCUT2D eigenvalue weighted by atomic mass is 16.4. The molecular formula is C16H19NO4. The van der Waals surface area contributed by atoms with Gasteiger partial charge in [-0.25, -0.2) is 4.79 Å². The summed E-state index contributed by atoms with van der Waals surface area (Å²) in [5, 5.41) is 9.37. The van der Waals surface area contributed by atoms with Gasteiger partial charge in [0.2, 0.25) is 11.8 Å². The molecule has 1 saturated heterocycles. The number of amides is 2. The second kappa shape index (κ2) is 6.08. The van der Waals surface area contributed by atoms with Gasteiger partial charge < -0.3 is 5.11 Å². The summed E-state index contributed by atoms with van der Waals surface area (Å²) in [5.41, 5.74) is 0.990. The number of hydrogen-bond acceptors (Lipinski definition) is 3. The van der Waals surface area contributed by atoms with Crippen molar-refractivity contribution in [2.45, 2.75) is 32.7 Å². The number of aryl methyl sites for hydroxylation is 1. The van der Waals surface area contributed by atoms with E-state index in [9.17, 15) is 19.5 Å². The fourth-order valence-corrected chi connectivity index (χ4v) is 2.59. The predicted octanol–water partition coefficient (Wildman–Crippen LogP) is 1.71. The Kier molecular flexibility index (Phi) is 4.40. The maximum Gasteiger partial charge on any atom is 0.326 e. The van der Waals surface area contributed by atoms with Crippen LogP contribution in [0.1, 0.15) is 25.8 Å². The van der Waals surface area contributed by atoms with Gasteiger partial charge in [0, 0.05) is 11.8 Å². The van der Waals surface area contributed by atoms with Gasteiger partial charge in [0.1, 0.15) is 6.04 Å². The van der Waals surface area contributed by atoms with Gasteiger partial charge in [-0.05, 0) is 18.4 Å². The van der Waals surface area contributed by atoms with Crippen molar-refractivity contribution in [1.29, 1.82) is 0 Å². The van der Waals surface area contributed by atoms with Crippen LogP contribution in [0, 0.1) is 11.8 Å². The summed E-state index contributed by atoms with van der Waals surface area (Å²) in [6.45, 7) is 3.34. The molecular weight excluding hydrogens is 270 g/mol. The Balaban J connectivity index is 2.14. The second-order valence-electron chi connectivity index (χ2n) is 5.50. The number of carboxylic acid groups (broad SMARTS) is 1. The largest absolute Gasteiger partial charge is 0.480 e. The maximum absolute atomic E-state index is 12.1. The molecule has 1 aliphatic heterocycles. The minimum absolute atomic E-state index is 0.232. The monoisotopic (exact) mass is 289 g/mol. The number of likely N-dealkylation sites (tertiary alicyclic amines) is 1. The minimum Gasteiger partial charge on any atom is -0.480 e. The molecule has 0 spiro atoms. The molecule has 0 bridgehead atoms. The maximum atomic E-state index is 12.1. The van der Waals surface area contributed by atoms with Crippen LogP contribution in [-0.4, -0.2) is 33.8 Å². The number of carbonyl (C=O) groups is 3. The molecule has 1 aliphatic rings. The number of nitrogens with zero attached hydrogens (tertiary/aromatic N) is 1. The van der Waals surface area contributed by atoms with Crippen molar-refractivity contribution in [3.05, 3.63) is 35.9 Å². The van der Waals surface area contributed by atoms with Gasteiger partial charge in [0.15, 0.2) is 0 Å². The number of benzene rings is 1. The predicted molar refractivity (Wildman–Crippen MR) is 76.4 cm³/mol. The van der Waals surface area contributed by atoms with Crippen LogP contribution in [0.5, 0.6) is 0 Å². The number of carbonyl (C=O) groups excluding carboxylic acids is 2. The molecule has 5 nitrogen and oxygen atoms in total. The van der Waals surface area contributed by atoms with Gasteiger partial charge in [-0.2, -0.15) is 0 Å². The lowest BCUT2D eigenvalue weighted by Crippen LogP contribution is -2.45. The highest BCUT2D eigenvalue weighted by Gasteiger charge is 2.47. The average molecular weight is 289 g/mol. The zero-order valence-corrected chi connectivity index (χ0v) is 12.2. The summed E-state index contributed by atoms with van der Waals surface area (Å²) in [6.07, 6.45) is 0.744. The van der Waals surface area contributed by atoms with Gasteiger partial charge >= 0.3 is 5.97 Å². The van der Waals surface area contributed by atoms with Crippen molar-refractivity contribution < 1.29 is 19.5 Å². The van der Waals surface area contributed by atoms with E-state index in [0.29, 0.717) is 6.42 Å². The van der Waals surface area contributed by atoms with Crippen LogP contribution in [0.15, 0.2) is 30.3 Å². The standard InChI is InChI=1S/C16H19NO4/c1-10-11(2)15(19)17(14(10)18)13(16(20)21)9-8-12-6-4-3-5-7-12/h3-7,10-11,13H,8-9H2,1-2H3,(H,20,21). The van der Waals surface area contributed by atoms with E-state index in [1.165, 1.54) is 0 Å². The van der Waals surface area contributed by atoms with E-state index in [1.807, 2.05) is 30.3 Å². The summed E-state index contributed by atoms with van der Waals surface area (Å²) in [7, 11) is 0. The van der Waals surface area contributed by atoms with E-state index in [4.69, 9.17) is 0 Å². The van der Waals surface area contributed by atoms with E-state index in [-0.39, 0.29) is 18.2 Å². The van der Waals surface area contributed by atoms with Crippen molar-refractivity contribution in [1.82, 2.24) is 4.90 Å². The molecule has 21 heavy (non-hydrogen) atoms. The molecule has 1 heterocycles. The van der Waals surface area contributed by atoms with Crippen molar-refractivity contribution in [3.63, 3.8) is 0 Å². The Labute approximate surface area is 123 Å². The van der Waals surface area contributed by atoms with Crippen LogP contribution in [0.25, 0.3) is 0 Å². The van der Waals surface area contributed by atoms with Crippen LogP contribution >= 0.6 is 0 Å². The van der Waals surface area contributed by atoms with Gasteiger partial charge in [-0.15, -0.1) is 0 Å². The third-order valence-corrected chi connectivity index (χ3v) is 4.15. The zero-order chi connectivity index (χ0) is 15.6. The van der Waals surface area contributed by atoms with Crippen molar-refractivity contribution in [2.24, 2.45) is 11.8 Å². The first-order chi connectivity index (χ1) is 9.93. The molecule has 0 radical (unpaired) electrons. The van der Waals surface area contributed by atoms with Gasteiger partial charge in [-0.1, -0.05) is 44.2 Å². The Morgan fingerprint density at radius 3 is 2.14 bits per heavy atom. The summed E-state index contributed by atoms with van der Waals surface area (Å²) < 4.78 is 0. The SMILES string of the molecule is CC1C(=O)N(C(CCc2ccccc2)C(=O)O)C(=O)C1C. The van der Waals surface area contributed by atoms with Crippen LogP contribution < -0.4 is 0 Å². The topological polar surface area (TPSA) is 74.7 Å². The smallest absolute Gasteiger partial charge is 0.326 e. The third-order valence-electron chi connectivity index (χ3n) is 4.15. The number of hydrogen-bond donors (Lipinski definition) is 1. The summed E-state index contributed by atoms with van der Waals surface area (Å²) in [4.78, 5) is 36.7. The fourth-order valence-electron chi connectivity index (χ4n) is 2.59. The number of rotatable bonds is 5. The van der Waals surface area contributed by atoms with Crippen LogP contribution in [0.3, 0.4) is 0 Å². The van der Waals surface area contributed by atoms with E-state index in [1.54, 1.807) is 13.8 Å². The van der Waals surface area contributed by atoms with E-state index < -0.39 is 23.8 Å². The number of aliphatic carboxylic acids is 1. The quantitative estimate of drug-likeness (QED) is 0.837. The first kappa shape index (κ1) is 15.2. The summed E-state index contributed by atoms with van der Waals surface area (Å²) in [6, 6.07) is 8.35. The molecule has 0 aromatic heterocycles. The van der Waals surface area contributed by atoms with E-state index >= 15 is 0 Å². The average Bonchev–Trinajstić information content (AvgIpc) is 2.66. The Morgan fingerprint density at radius 2 is 1.67 bits per heavy atom. The molecule has 112 valence electrons. The van der Waals surface area contributed by atoms with E-state index in [2.05, 4.69) is 0 Å². The molecule has 1 N–H and O–H groups in total. The molecule has 3 atom stereocenters. The van der Waals surface area contributed by atoms with Crippen molar-refractivity contribution in [3.8, 4) is 0 Å². The van der Waals surface area contributed by atoms with Crippen molar-refractivity contribution >= 4 is 17.8 Å². The van der Waals surface area contributed by atoms with Crippen LogP contribution in [-0.2, 0) is 20.8 Å². The Morgan fingerprint density at radius 1 is 1.14 bits per heavy atom. The summed E-state index contributed by atoms with van der Waals surface area (Å²) >= 11 is 0. The second-order valence-corrected chi connectivity index (χ2v) is 5.50. The molecule has 0 aliphatic carbocycles. The van der Waals surface area contributed by atoms with Gasteiger partial charge in [0.05, 0.1) is 0 Å². The summed E-state index contributed by atoms with van der Waals surface area (Å²) in [5.74, 6) is -2.79. The first-order valence-electron chi connectivity index (χ1n) is 7.07. The molecule has 1 aromatic carbocycles. The molecule has 1 fully saturated rings. The molecule has 5 heteroatoms. The molecule has 1 aromatic rings. The zero-order valence-electron chi connectivity index (χ0n) is 12.2. The first-order valence-corrected chi connectivity index (χ1v) is 7.07. The number of imide groups is 1. The van der Waals surface area contributed by atoms with Crippen LogP contribution in [0.4, 0.5) is 0 Å². The highest BCUT2D eigenvalue weighted by molar-refractivity contribution is 6.07. The van der Waals surface area contributed by atoms with E-state index in [0.717, 1.165) is 10.5 Å². The Hall–Kier alpha value is -2.17. The van der Waals surface area contributed by atoms with Crippen molar-refractivity contribution in [2.75, 3.05) is 0 Å². The molecule has 2 rings (SSSR count). The lowest BCUT2D eigenvalue weighted by molar-refractivity contribution is -0.155. The Bertz CT molecular complexity index is 535. The molecule has 0 saturated carbocycles.